The second-order valence-electron chi connectivity index (χ2n) is 6.34. The molecular formula is C16H25N3O2. The number of hydrogen-bond donors (Lipinski definition) is 0. The first-order valence-electron chi connectivity index (χ1n) is 7.60. The minimum absolute atomic E-state index is 0.225. The van der Waals surface area contributed by atoms with Crippen LogP contribution in [0.5, 0.6) is 0 Å². The fourth-order valence-corrected chi connectivity index (χ4v) is 2.93. The van der Waals surface area contributed by atoms with Gasteiger partial charge in [0, 0.05) is 25.2 Å². The second-order valence-corrected chi connectivity index (χ2v) is 6.34. The normalized spacial score (nSPS) is 16.8. The molecule has 0 N–H and O–H groups in total. The predicted octanol–water partition coefficient (Wildman–Crippen LogP) is 3.25. The average Bonchev–Trinajstić information content (AvgIpc) is 2.46. The minimum atomic E-state index is -0.266. The Kier molecular flexibility index (Phi) is 4.83. The van der Waals surface area contributed by atoms with Gasteiger partial charge < -0.3 is 9.80 Å². The summed E-state index contributed by atoms with van der Waals surface area (Å²) in [7, 11) is 4.20. The van der Waals surface area contributed by atoms with E-state index in [9.17, 15) is 10.1 Å². The van der Waals surface area contributed by atoms with Crippen LogP contribution in [0.25, 0.3) is 0 Å². The summed E-state index contributed by atoms with van der Waals surface area (Å²) >= 11 is 0. The summed E-state index contributed by atoms with van der Waals surface area (Å²) in [6.07, 6.45) is 2.10. The SMILES string of the molecule is CC(C)c1ccc([N+](=O)[O-])c(N2CCC(N(C)C)CC2)c1. The Morgan fingerprint density at radius 1 is 1.29 bits per heavy atom. The van der Waals surface area contributed by atoms with Crippen LogP contribution in [0.1, 0.15) is 38.2 Å². The molecule has 1 heterocycles. The Morgan fingerprint density at radius 2 is 1.90 bits per heavy atom. The molecule has 0 atom stereocenters. The monoisotopic (exact) mass is 291 g/mol. The zero-order valence-corrected chi connectivity index (χ0v) is 13.4. The molecular weight excluding hydrogens is 266 g/mol. The summed E-state index contributed by atoms with van der Waals surface area (Å²) in [6, 6.07) is 6.11. The van der Waals surface area contributed by atoms with Gasteiger partial charge in [-0.1, -0.05) is 19.9 Å². The van der Waals surface area contributed by atoms with Crippen LogP contribution in [0.3, 0.4) is 0 Å². The van der Waals surface area contributed by atoms with Crippen LogP contribution in [0.2, 0.25) is 0 Å². The van der Waals surface area contributed by atoms with Crippen molar-refractivity contribution in [1.29, 1.82) is 0 Å². The van der Waals surface area contributed by atoms with E-state index < -0.39 is 0 Å². The Morgan fingerprint density at radius 3 is 2.38 bits per heavy atom. The third-order valence-electron chi connectivity index (χ3n) is 4.40. The van der Waals surface area contributed by atoms with Crippen LogP contribution in [0, 0.1) is 10.1 Å². The van der Waals surface area contributed by atoms with Crippen molar-refractivity contribution in [3.8, 4) is 0 Å². The first-order valence-corrected chi connectivity index (χ1v) is 7.60. The van der Waals surface area contributed by atoms with E-state index in [1.54, 1.807) is 6.07 Å². The van der Waals surface area contributed by atoms with E-state index in [0.29, 0.717) is 12.0 Å². The van der Waals surface area contributed by atoms with Crippen LogP contribution in [0.4, 0.5) is 11.4 Å². The van der Waals surface area contributed by atoms with E-state index in [-0.39, 0.29) is 10.6 Å². The summed E-state index contributed by atoms with van der Waals surface area (Å²) in [5.41, 5.74) is 2.16. The molecule has 0 aliphatic carbocycles. The lowest BCUT2D eigenvalue weighted by Gasteiger charge is -2.36. The van der Waals surface area contributed by atoms with Crippen molar-refractivity contribution in [3.63, 3.8) is 0 Å². The number of hydrogen-bond acceptors (Lipinski definition) is 4. The van der Waals surface area contributed by atoms with E-state index in [1.165, 1.54) is 0 Å². The molecule has 2 rings (SSSR count). The number of benzene rings is 1. The number of nitro benzene ring substituents is 1. The van der Waals surface area contributed by atoms with Gasteiger partial charge in [-0.2, -0.15) is 0 Å². The molecule has 0 radical (unpaired) electrons. The first kappa shape index (κ1) is 15.8. The van der Waals surface area contributed by atoms with E-state index in [2.05, 4.69) is 37.7 Å². The van der Waals surface area contributed by atoms with Crippen molar-refractivity contribution in [2.45, 2.75) is 38.6 Å². The maximum Gasteiger partial charge on any atom is 0.292 e. The molecule has 0 bridgehead atoms. The van der Waals surface area contributed by atoms with Gasteiger partial charge in [0.2, 0.25) is 0 Å². The summed E-state index contributed by atoms with van der Waals surface area (Å²) in [6.45, 7) is 5.99. The molecule has 0 spiro atoms. The molecule has 1 aromatic carbocycles. The summed E-state index contributed by atoms with van der Waals surface area (Å²) in [5.74, 6) is 0.379. The molecule has 0 aromatic heterocycles. The highest BCUT2D eigenvalue weighted by Crippen LogP contribution is 2.33. The number of nitrogens with zero attached hydrogens (tertiary/aromatic N) is 3. The predicted molar refractivity (Wildman–Crippen MR) is 86.1 cm³/mol. The molecule has 1 fully saturated rings. The number of nitro groups is 1. The third kappa shape index (κ3) is 3.53. The van der Waals surface area contributed by atoms with Crippen LogP contribution in [-0.4, -0.2) is 43.0 Å². The van der Waals surface area contributed by atoms with Crippen molar-refractivity contribution in [2.24, 2.45) is 0 Å². The molecule has 116 valence electrons. The highest BCUT2D eigenvalue weighted by atomic mass is 16.6. The fourth-order valence-electron chi connectivity index (χ4n) is 2.93. The molecule has 1 aromatic rings. The molecule has 0 amide bonds. The highest BCUT2D eigenvalue weighted by Gasteiger charge is 2.26. The lowest BCUT2D eigenvalue weighted by Crippen LogP contribution is -2.42. The van der Waals surface area contributed by atoms with Gasteiger partial charge in [-0.15, -0.1) is 0 Å². The van der Waals surface area contributed by atoms with Gasteiger partial charge >= 0.3 is 0 Å². The van der Waals surface area contributed by atoms with Crippen LogP contribution in [-0.2, 0) is 0 Å². The van der Waals surface area contributed by atoms with Gasteiger partial charge in [0.25, 0.3) is 5.69 Å². The fraction of sp³-hybridized carbons (Fsp3) is 0.625. The van der Waals surface area contributed by atoms with Crippen molar-refractivity contribution in [3.05, 3.63) is 33.9 Å². The molecule has 1 saturated heterocycles. The topological polar surface area (TPSA) is 49.6 Å². The van der Waals surface area contributed by atoms with Crippen LogP contribution in [0.15, 0.2) is 18.2 Å². The summed E-state index contributed by atoms with van der Waals surface area (Å²) in [4.78, 5) is 15.4. The lowest BCUT2D eigenvalue weighted by molar-refractivity contribution is -0.384. The van der Waals surface area contributed by atoms with Crippen molar-refractivity contribution in [1.82, 2.24) is 4.90 Å². The standard InChI is InChI=1S/C16H25N3O2/c1-12(2)13-5-6-15(19(20)21)16(11-13)18-9-7-14(8-10-18)17(3)4/h5-6,11-12,14H,7-10H2,1-4H3. The van der Waals surface area contributed by atoms with Gasteiger partial charge in [0.15, 0.2) is 0 Å². The van der Waals surface area contributed by atoms with Crippen molar-refractivity contribution in [2.75, 3.05) is 32.1 Å². The highest BCUT2D eigenvalue weighted by molar-refractivity contribution is 5.65. The van der Waals surface area contributed by atoms with Gasteiger partial charge in [-0.05, 0) is 44.5 Å². The molecule has 0 saturated carbocycles. The van der Waals surface area contributed by atoms with E-state index in [0.717, 1.165) is 37.2 Å². The van der Waals surface area contributed by atoms with Gasteiger partial charge in [0.05, 0.1) is 4.92 Å². The lowest BCUT2D eigenvalue weighted by atomic mass is 9.99. The zero-order valence-electron chi connectivity index (χ0n) is 13.4. The Labute approximate surface area is 126 Å². The average molecular weight is 291 g/mol. The molecule has 21 heavy (non-hydrogen) atoms. The zero-order chi connectivity index (χ0) is 15.6. The van der Waals surface area contributed by atoms with Gasteiger partial charge in [-0.25, -0.2) is 0 Å². The Hall–Kier alpha value is -1.62. The minimum Gasteiger partial charge on any atom is -0.366 e. The summed E-state index contributed by atoms with van der Waals surface area (Å²) < 4.78 is 0. The van der Waals surface area contributed by atoms with E-state index in [4.69, 9.17) is 0 Å². The molecule has 5 heteroatoms. The second kappa shape index (κ2) is 6.43. The number of piperidine rings is 1. The van der Waals surface area contributed by atoms with E-state index in [1.807, 2.05) is 12.1 Å². The first-order chi connectivity index (χ1) is 9.90. The molecule has 1 aliphatic heterocycles. The Bertz CT molecular complexity index is 506. The van der Waals surface area contributed by atoms with Crippen LogP contribution < -0.4 is 4.90 Å². The number of rotatable bonds is 4. The van der Waals surface area contributed by atoms with Crippen molar-refractivity contribution >= 4 is 11.4 Å². The largest absolute Gasteiger partial charge is 0.366 e. The van der Waals surface area contributed by atoms with Gasteiger partial charge in [0.1, 0.15) is 5.69 Å². The van der Waals surface area contributed by atoms with Crippen LogP contribution >= 0.6 is 0 Å². The third-order valence-corrected chi connectivity index (χ3v) is 4.40. The number of anilines is 1. The molecule has 5 nitrogen and oxygen atoms in total. The smallest absolute Gasteiger partial charge is 0.292 e. The van der Waals surface area contributed by atoms with Gasteiger partial charge in [-0.3, -0.25) is 10.1 Å². The van der Waals surface area contributed by atoms with E-state index >= 15 is 0 Å². The molecule has 0 unspecified atom stereocenters. The summed E-state index contributed by atoms with van der Waals surface area (Å²) in [5, 5.41) is 11.3. The maximum atomic E-state index is 11.3. The van der Waals surface area contributed by atoms with Crippen molar-refractivity contribution < 1.29 is 4.92 Å². The Balaban J connectivity index is 2.25. The molecule has 1 aliphatic rings. The maximum absolute atomic E-state index is 11.3. The quantitative estimate of drug-likeness (QED) is 0.631.